The van der Waals surface area contributed by atoms with Crippen LogP contribution in [0.2, 0.25) is 0 Å². The lowest BCUT2D eigenvalue weighted by Crippen LogP contribution is -2.58. The highest BCUT2D eigenvalue weighted by Crippen LogP contribution is 2.65. The molecular weight excluding hydrogens is 276 g/mol. The number of rotatable bonds is 0. The van der Waals surface area contributed by atoms with Gasteiger partial charge in [0.1, 0.15) is 0 Å². The molecule has 7 atom stereocenters. The third-order valence-corrected chi connectivity index (χ3v) is 7.68. The van der Waals surface area contributed by atoms with Crippen LogP contribution in [-0.2, 0) is 4.79 Å². The Bertz CT molecular complexity index is 539. The molecule has 4 aliphatic carbocycles. The number of carbonyl (C=O) groups is 1. The maximum absolute atomic E-state index is 11.8. The monoisotopic (exact) mass is 304 g/mol. The third-order valence-electron chi connectivity index (χ3n) is 7.68. The molecule has 0 bridgehead atoms. The molecule has 4 rings (SSSR count). The molecule has 2 N–H and O–H groups in total. The Morgan fingerprint density at radius 2 is 2.00 bits per heavy atom. The molecule has 0 amide bonds. The number of ketones is 1. The summed E-state index contributed by atoms with van der Waals surface area (Å²) >= 11 is 0. The molecule has 4 aliphatic rings. The Hall–Kier alpha value is -0.670. The smallest absolute Gasteiger partial charge is 0.155 e. The van der Waals surface area contributed by atoms with Crippen LogP contribution in [0.4, 0.5) is 0 Å². The molecule has 0 aromatic carbocycles. The quantitative estimate of drug-likeness (QED) is 0.723. The lowest BCUT2D eigenvalue weighted by atomic mass is 9.46. The van der Waals surface area contributed by atoms with Crippen LogP contribution in [0.1, 0.15) is 58.8 Å². The van der Waals surface area contributed by atoms with Crippen LogP contribution in [0.15, 0.2) is 11.6 Å². The van der Waals surface area contributed by atoms with Gasteiger partial charge in [0, 0.05) is 6.42 Å². The van der Waals surface area contributed by atoms with E-state index in [-0.39, 0.29) is 28.6 Å². The van der Waals surface area contributed by atoms with E-state index in [0.717, 1.165) is 24.8 Å². The van der Waals surface area contributed by atoms with E-state index in [1.165, 1.54) is 19.3 Å². The summed E-state index contributed by atoms with van der Waals surface area (Å²) in [4.78, 5) is 11.8. The molecule has 3 nitrogen and oxygen atoms in total. The van der Waals surface area contributed by atoms with Crippen molar-refractivity contribution in [1.29, 1.82) is 0 Å². The Morgan fingerprint density at radius 3 is 2.77 bits per heavy atom. The fourth-order valence-electron chi connectivity index (χ4n) is 6.75. The first-order valence-corrected chi connectivity index (χ1v) is 8.96. The summed E-state index contributed by atoms with van der Waals surface area (Å²) in [5.74, 6) is 1.39. The lowest BCUT2D eigenvalue weighted by molar-refractivity contribution is -0.139. The maximum Gasteiger partial charge on any atom is 0.155 e. The van der Waals surface area contributed by atoms with Gasteiger partial charge in [0.15, 0.2) is 5.78 Å². The SMILES string of the molecule is C[C@@]12CCC[C@H]1[C@@H]1C[C@H](O)C3=CC(=O)CC[C@]3(C)[C@H]1[C@H](O)C2. The van der Waals surface area contributed by atoms with E-state index in [2.05, 4.69) is 13.8 Å². The van der Waals surface area contributed by atoms with Gasteiger partial charge >= 0.3 is 0 Å². The van der Waals surface area contributed by atoms with E-state index < -0.39 is 6.10 Å². The van der Waals surface area contributed by atoms with Gasteiger partial charge in [0.05, 0.1) is 12.2 Å². The standard InChI is InChI=1S/C19H28O3/c1-18-6-3-4-13(18)12-9-15(21)14-8-11(20)5-7-19(14,2)17(12)16(22)10-18/h8,12-13,15-17,21-22H,3-7,9-10H2,1-2H3/t12-,13-,15-,16+,17+,18-,19-/m0/s1. The molecule has 122 valence electrons. The molecule has 3 fully saturated rings. The van der Waals surface area contributed by atoms with Crippen LogP contribution < -0.4 is 0 Å². The first-order chi connectivity index (χ1) is 10.3. The zero-order valence-corrected chi connectivity index (χ0v) is 13.7. The van der Waals surface area contributed by atoms with Crippen molar-refractivity contribution in [1.82, 2.24) is 0 Å². The van der Waals surface area contributed by atoms with Crippen LogP contribution in [0.5, 0.6) is 0 Å². The van der Waals surface area contributed by atoms with E-state index in [0.29, 0.717) is 18.3 Å². The molecule has 0 heterocycles. The third kappa shape index (κ3) is 1.85. The maximum atomic E-state index is 11.8. The van der Waals surface area contributed by atoms with Crippen LogP contribution >= 0.6 is 0 Å². The Kier molecular flexibility index (Phi) is 3.16. The van der Waals surface area contributed by atoms with Crippen LogP contribution in [-0.4, -0.2) is 28.2 Å². The molecule has 3 heteroatoms. The van der Waals surface area contributed by atoms with Gasteiger partial charge in [0.25, 0.3) is 0 Å². The van der Waals surface area contributed by atoms with Gasteiger partial charge in [-0.25, -0.2) is 0 Å². The number of hydrogen-bond donors (Lipinski definition) is 2. The van der Waals surface area contributed by atoms with E-state index in [1.807, 2.05) is 0 Å². The molecule has 0 radical (unpaired) electrons. The van der Waals surface area contributed by atoms with Crippen molar-refractivity contribution in [3.05, 3.63) is 11.6 Å². The van der Waals surface area contributed by atoms with Crippen molar-refractivity contribution in [2.45, 2.75) is 71.0 Å². The van der Waals surface area contributed by atoms with E-state index >= 15 is 0 Å². The van der Waals surface area contributed by atoms with Crippen molar-refractivity contribution in [2.75, 3.05) is 0 Å². The molecule has 0 saturated heterocycles. The molecular formula is C19H28O3. The molecule has 0 aromatic heterocycles. The van der Waals surface area contributed by atoms with Gasteiger partial charge in [-0.2, -0.15) is 0 Å². The van der Waals surface area contributed by atoms with Crippen LogP contribution in [0, 0.1) is 28.6 Å². The Morgan fingerprint density at radius 1 is 1.23 bits per heavy atom. The van der Waals surface area contributed by atoms with Gasteiger partial charge in [-0.1, -0.05) is 20.3 Å². The van der Waals surface area contributed by atoms with Crippen LogP contribution in [0.3, 0.4) is 0 Å². The second-order valence-electron chi connectivity index (χ2n) is 8.85. The predicted molar refractivity (Wildman–Crippen MR) is 84.1 cm³/mol. The Balaban J connectivity index is 1.78. The van der Waals surface area contributed by atoms with Crippen LogP contribution in [0.25, 0.3) is 0 Å². The molecule has 0 spiro atoms. The average molecular weight is 304 g/mol. The van der Waals surface area contributed by atoms with E-state index in [9.17, 15) is 15.0 Å². The molecule has 0 aliphatic heterocycles. The zero-order valence-electron chi connectivity index (χ0n) is 13.7. The molecule has 0 aromatic rings. The lowest BCUT2D eigenvalue weighted by Gasteiger charge is -2.60. The van der Waals surface area contributed by atoms with Gasteiger partial charge in [0.2, 0.25) is 0 Å². The first-order valence-electron chi connectivity index (χ1n) is 8.96. The van der Waals surface area contributed by atoms with Gasteiger partial charge in [-0.05, 0) is 72.3 Å². The highest BCUT2D eigenvalue weighted by Gasteiger charge is 2.61. The second kappa shape index (κ2) is 4.67. The summed E-state index contributed by atoms with van der Waals surface area (Å²) in [7, 11) is 0. The summed E-state index contributed by atoms with van der Waals surface area (Å²) in [6.45, 7) is 4.53. The van der Waals surface area contributed by atoms with Crippen molar-refractivity contribution in [3.8, 4) is 0 Å². The van der Waals surface area contributed by atoms with Crippen molar-refractivity contribution >= 4 is 5.78 Å². The fraction of sp³-hybridized carbons (Fsp3) is 0.842. The normalized spacial score (nSPS) is 54.3. The summed E-state index contributed by atoms with van der Waals surface area (Å²) < 4.78 is 0. The molecule has 0 unspecified atom stereocenters. The second-order valence-corrected chi connectivity index (χ2v) is 8.85. The van der Waals surface area contributed by atoms with E-state index in [1.54, 1.807) is 6.08 Å². The zero-order chi connectivity index (χ0) is 15.7. The number of aliphatic hydroxyl groups is 2. The topological polar surface area (TPSA) is 57.5 Å². The molecule has 22 heavy (non-hydrogen) atoms. The number of hydrogen-bond acceptors (Lipinski definition) is 3. The predicted octanol–water partition coefficient (Wildman–Crippen LogP) is 2.85. The van der Waals surface area contributed by atoms with Gasteiger partial charge in [-0.15, -0.1) is 0 Å². The summed E-state index contributed by atoms with van der Waals surface area (Å²) in [6.07, 6.45) is 7.59. The van der Waals surface area contributed by atoms with Gasteiger partial charge < -0.3 is 10.2 Å². The highest BCUT2D eigenvalue weighted by molar-refractivity contribution is 5.91. The van der Waals surface area contributed by atoms with Gasteiger partial charge in [-0.3, -0.25) is 4.79 Å². The first kappa shape index (κ1) is 14.9. The minimum Gasteiger partial charge on any atom is -0.393 e. The van der Waals surface area contributed by atoms with Crippen molar-refractivity contribution < 1.29 is 15.0 Å². The fourth-order valence-corrected chi connectivity index (χ4v) is 6.75. The minimum absolute atomic E-state index is 0.140. The summed E-state index contributed by atoms with van der Waals surface area (Å²) in [5, 5.41) is 21.7. The number of fused-ring (bicyclic) bond motifs is 5. The van der Waals surface area contributed by atoms with Crippen molar-refractivity contribution in [3.63, 3.8) is 0 Å². The largest absolute Gasteiger partial charge is 0.393 e. The van der Waals surface area contributed by atoms with Crippen molar-refractivity contribution in [2.24, 2.45) is 28.6 Å². The Labute approximate surface area is 132 Å². The number of aliphatic hydroxyl groups excluding tert-OH is 2. The summed E-state index contributed by atoms with van der Waals surface area (Å²) in [5.41, 5.74) is 0.965. The van der Waals surface area contributed by atoms with E-state index in [4.69, 9.17) is 0 Å². The minimum atomic E-state index is -0.495. The average Bonchev–Trinajstić information content (AvgIpc) is 2.82. The number of carbonyl (C=O) groups excluding carboxylic acids is 1. The highest BCUT2D eigenvalue weighted by atomic mass is 16.3. The molecule has 3 saturated carbocycles. The summed E-state index contributed by atoms with van der Waals surface area (Å²) in [6, 6.07) is 0.